The zero-order valence-electron chi connectivity index (χ0n) is 20.6. The standard InChI is InChI=1S/C29H23Cl2N3O3S/c1-17-9-18(2)11-22(10-17)32-27(35)16-34-28(36)26(38-29(34)37)12-20-15-33(25-6-4-3-5-23(20)25)14-19-7-8-21(30)13-24(19)31/h3-13,15H,14,16H2,1-2H3,(H,32,35)/b26-12+. The lowest BCUT2D eigenvalue weighted by molar-refractivity contribution is -0.127. The number of benzene rings is 3. The van der Waals surface area contributed by atoms with Crippen molar-refractivity contribution < 1.29 is 14.4 Å². The van der Waals surface area contributed by atoms with Gasteiger partial charge in [0.05, 0.1) is 4.91 Å². The Kier molecular flexibility index (Phi) is 7.34. The molecule has 1 N–H and O–H groups in total. The molecule has 3 amide bonds. The topological polar surface area (TPSA) is 71.4 Å². The molecule has 38 heavy (non-hydrogen) atoms. The Morgan fingerprint density at radius 2 is 1.74 bits per heavy atom. The summed E-state index contributed by atoms with van der Waals surface area (Å²) < 4.78 is 2.04. The minimum Gasteiger partial charge on any atom is -0.342 e. The summed E-state index contributed by atoms with van der Waals surface area (Å²) in [5.41, 5.74) is 5.29. The number of hydrogen-bond acceptors (Lipinski definition) is 4. The Morgan fingerprint density at radius 1 is 1.00 bits per heavy atom. The van der Waals surface area contributed by atoms with E-state index < -0.39 is 17.1 Å². The molecule has 5 rings (SSSR count). The van der Waals surface area contributed by atoms with E-state index in [1.165, 1.54) is 0 Å². The van der Waals surface area contributed by atoms with Gasteiger partial charge in [-0.05, 0) is 78.7 Å². The average Bonchev–Trinajstić information content (AvgIpc) is 3.32. The molecule has 1 aliphatic heterocycles. The molecule has 0 unspecified atom stereocenters. The van der Waals surface area contributed by atoms with E-state index in [2.05, 4.69) is 5.32 Å². The summed E-state index contributed by atoms with van der Waals surface area (Å²) in [5.74, 6) is -0.928. The second-order valence-electron chi connectivity index (χ2n) is 9.16. The Morgan fingerprint density at radius 3 is 2.47 bits per heavy atom. The van der Waals surface area contributed by atoms with Crippen LogP contribution in [0.2, 0.25) is 10.0 Å². The summed E-state index contributed by atoms with van der Waals surface area (Å²) in [6.07, 6.45) is 3.63. The molecular formula is C29H23Cl2N3O3S. The van der Waals surface area contributed by atoms with Gasteiger partial charge in [0.15, 0.2) is 0 Å². The molecule has 1 fully saturated rings. The van der Waals surface area contributed by atoms with Crippen molar-refractivity contribution in [3.05, 3.63) is 104 Å². The summed E-state index contributed by atoms with van der Waals surface area (Å²) in [6, 6.07) is 18.9. The van der Waals surface area contributed by atoms with E-state index in [1.54, 1.807) is 18.2 Å². The molecule has 1 aliphatic rings. The molecule has 0 aliphatic carbocycles. The fourth-order valence-electron chi connectivity index (χ4n) is 4.52. The largest absolute Gasteiger partial charge is 0.342 e. The molecule has 1 aromatic heterocycles. The molecule has 2 heterocycles. The fourth-order valence-corrected chi connectivity index (χ4v) is 5.82. The number of hydrogen-bond donors (Lipinski definition) is 1. The van der Waals surface area contributed by atoms with Crippen molar-refractivity contribution >= 4 is 74.7 Å². The highest BCUT2D eigenvalue weighted by molar-refractivity contribution is 8.18. The number of rotatable bonds is 6. The van der Waals surface area contributed by atoms with E-state index in [9.17, 15) is 14.4 Å². The maximum atomic E-state index is 13.1. The van der Waals surface area contributed by atoms with E-state index in [1.807, 2.05) is 73.1 Å². The lowest BCUT2D eigenvalue weighted by Crippen LogP contribution is -2.36. The zero-order chi connectivity index (χ0) is 27.0. The lowest BCUT2D eigenvalue weighted by Gasteiger charge is -2.13. The number of aryl methyl sites for hydroxylation is 2. The highest BCUT2D eigenvalue weighted by Gasteiger charge is 2.36. The molecule has 6 nitrogen and oxygen atoms in total. The van der Waals surface area contributed by atoms with Crippen molar-refractivity contribution in [1.29, 1.82) is 0 Å². The van der Waals surface area contributed by atoms with Crippen LogP contribution in [0.4, 0.5) is 10.5 Å². The second-order valence-corrected chi connectivity index (χ2v) is 11.0. The minimum atomic E-state index is -0.492. The lowest BCUT2D eigenvalue weighted by atomic mass is 10.1. The molecule has 0 saturated carbocycles. The third-order valence-electron chi connectivity index (χ3n) is 6.14. The Hall–Kier alpha value is -3.52. The van der Waals surface area contributed by atoms with Gasteiger partial charge in [-0.2, -0.15) is 0 Å². The average molecular weight is 564 g/mol. The van der Waals surface area contributed by atoms with E-state index in [0.29, 0.717) is 22.3 Å². The summed E-state index contributed by atoms with van der Waals surface area (Å²) in [5, 5.41) is 4.36. The van der Waals surface area contributed by atoms with Crippen LogP contribution in [0.1, 0.15) is 22.3 Å². The number of para-hydroxylation sites is 1. The maximum absolute atomic E-state index is 13.1. The third-order valence-corrected chi connectivity index (χ3v) is 7.64. The van der Waals surface area contributed by atoms with Crippen molar-refractivity contribution in [1.82, 2.24) is 9.47 Å². The molecular weight excluding hydrogens is 541 g/mol. The normalized spacial score (nSPS) is 14.6. The Bertz CT molecular complexity index is 1620. The molecule has 4 aromatic rings. The van der Waals surface area contributed by atoms with Gasteiger partial charge in [-0.3, -0.25) is 19.3 Å². The number of fused-ring (bicyclic) bond motifs is 1. The van der Waals surface area contributed by atoms with Gasteiger partial charge < -0.3 is 9.88 Å². The number of halogens is 2. The van der Waals surface area contributed by atoms with Crippen molar-refractivity contribution in [2.24, 2.45) is 0 Å². The number of nitrogens with one attached hydrogen (secondary N) is 1. The number of carbonyl (C=O) groups is 3. The monoisotopic (exact) mass is 563 g/mol. The number of carbonyl (C=O) groups excluding carboxylic acids is 3. The number of amides is 3. The number of nitrogens with zero attached hydrogens (tertiary/aromatic N) is 2. The minimum absolute atomic E-state index is 0.265. The van der Waals surface area contributed by atoms with Gasteiger partial charge in [0.2, 0.25) is 5.91 Å². The van der Waals surface area contributed by atoms with Crippen LogP contribution in [0.3, 0.4) is 0 Å². The summed E-state index contributed by atoms with van der Waals surface area (Å²) in [7, 11) is 0. The fraction of sp³-hybridized carbons (Fsp3) is 0.138. The van der Waals surface area contributed by atoms with E-state index in [0.717, 1.165) is 49.8 Å². The van der Waals surface area contributed by atoms with Gasteiger partial charge in [0.1, 0.15) is 6.54 Å². The van der Waals surface area contributed by atoms with E-state index >= 15 is 0 Å². The first kappa shape index (κ1) is 26.1. The van der Waals surface area contributed by atoms with Crippen LogP contribution in [0, 0.1) is 13.8 Å². The van der Waals surface area contributed by atoms with E-state index in [-0.39, 0.29) is 11.4 Å². The Labute approximate surface area is 234 Å². The molecule has 0 atom stereocenters. The summed E-state index contributed by atoms with van der Waals surface area (Å²) in [6.45, 7) is 4.02. The van der Waals surface area contributed by atoms with Crippen molar-refractivity contribution in [2.75, 3.05) is 11.9 Å². The molecule has 0 radical (unpaired) electrons. The van der Waals surface area contributed by atoms with Crippen LogP contribution < -0.4 is 5.32 Å². The molecule has 3 aromatic carbocycles. The van der Waals surface area contributed by atoms with Gasteiger partial charge in [-0.1, -0.05) is 53.5 Å². The third kappa shape index (κ3) is 5.50. The highest BCUT2D eigenvalue weighted by atomic mass is 35.5. The quantitative estimate of drug-likeness (QED) is 0.250. The second kappa shape index (κ2) is 10.7. The van der Waals surface area contributed by atoms with Crippen molar-refractivity contribution in [2.45, 2.75) is 20.4 Å². The first-order chi connectivity index (χ1) is 18.2. The van der Waals surface area contributed by atoms with Crippen molar-refractivity contribution in [3.63, 3.8) is 0 Å². The predicted molar refractivity (Wildman–Crippen MR) is 155 cm³/mol. The molecule has 0 spiro atoms. The summed E-state index contributed by atoms with van der Waals surface area (Å²) in [4.78, 5) is 39.7. The maximum Gasteiger partial charge on any atom is 0.294 e. The smallest absolute Gasteiger partial charge is 0.294 e. The molecule has 9 heteroatoms. The van der Waals surface area contributed by atoms with Crippen LogP contribution >= 0.6 is 35.0 Å². The van der Waals surface area contributed by atoms with Crippen molar-refractivity contribution in [3.8, 4) is 0 Å². The molecule has 0 bridgehead atoms. The highest BCUT2D eigenvalue weighted by Crippen LogP contribution is 2.34. The van der Waals surface area contributed by atoms with Gasteiger partial charge in [-0.25, -0.2) is 0 Å². The van der Waals surface area contributed by atoms with Crippen LogP contribution in [0.25, 0.3) is 17.0 Å². The molecule has 192 valence electrons. The first-order valence-electron chi connectivity index (χ1n) is 11.8. The predicted octanol–water partition coefficient (Wildman–Crippen LogP) is 7.29. The number of anilines is 1. The zero-order valence-corrected chi connectivity index (χ0v) is 23.0. The number of aromatic nitrogens is 1. The van der Waals surface area contributed by atoms with Gasteiger partial charge in [0, 0.05) is 44.9 Å². The van der Waals surface area contributed by atoms with Crippen LogP contribution in [0.15, 0.2) is 71.8 Å². The summed E-state index contributed by atoms with van der Waals surface area (Å²) >= 11 is 13.3. The Balaban J connectivity index is 1.38. The van der Waals surface area contributed by atoms with Gasteiger partial charge in [-0.15, -0.1) is 0 Å². The SMILES string of the molecule is Cc1cc(C)cc(NC(=O)CN2C(=O)S/C(=C/c3cn(Cc4ccc(Cl)cc4Cl)c4ccccc34)C2=O)c1. The van der Waals surface area contributed by atoms with Crippen LogP contribution in [-0.4, -0.2) is 33.1 Å². The van der Waals surface area contributed by atoms with Crippen LogP contribution in [0.5, 0.6) is 0 Å². The number of imide groups is 1. The first-order valence-corrected chi connectivity index (χ1v) is 13.4. The number of thioether (sulfide) groups is 1. The van der Waals surface area contributed by atoms with Gasteiger partial charge in [0.25, 0.3) is 11.1 Å². The van der Waals surface area contributed by atoms with E-state index in [4.69, 9.17) is 23.2 Å². The van der Waals surface area contributed by atoms with Gasteiger partial charge >= 0.3 is 0 Å². The van der Waals surface area contributed by atoms with Crippen LogP contribution in [-0.2, 0) is 16.1 Å². The molecule has 1 saturated heterocycles.